The summed E-state index contributed by atoms with van der Waals surface area (Å²) in [5.41, 5.74) is 0.764. The number of anilines is 1. The minimum Gasteiger partial charge on any atom is -0.326 e. The Bertz CT molecular complexity index is 878. The Morgan fingerprint density at radius 2 is 1.62 bits per heavy atom. The second kappa shape index (κ2) is 8.37. The van der Waals surface area contributed by atoms with E-state index in [4.69, 9.17) is 0 Å². The summed E-state index contributed by atoms with van der Waals surface area (Å²) in [7, 11) is -3.51. The first-order valence-corrected chi connectivity index (χ1v) is 11.5. The molecule has 1 heterocycles. The van der Waals surface area contributed by atoms with Crippen molar-refractivity contribution in [3.05, 3.63) is 56.6 Å². The van der Waals surface area contributed by atoms with Crippen LogP contribution in [0.3, 0.4) is 0 Å². The molecule has 0 bridgehead atoms. The Morgan fingerprint density at radius 1 is 1.04 bits per heavy atom. The second-order valence-electron chi connectivity index (χ2n) is 6.13. The highest BCUT2D eigenvalue weighted by atomic mass is 127. The second-order valence-corrected chi connectivity index (χ2v) is 10.2. The highest BCUT2D eigenvalue weighted by Crippen LogP contribution is 2.25. The molecule has 26 heavy (non-hydrogen) atoms. The van der Waals surface area contributed by atoms with E-state index >= 15 is 0 Å². The first kappa shape index (κ1) is 19.8. The third kappa shape index (κ3) is 4.65. The van der Waals surface area contributed by atoms with Gasteiger partial charge in [-0.3, -0.25) is 4.79 Å². The van der Waals surface area contributed by atoms with Gasteiger partial charge in [0.1, 0.15) is 0 Å². The number of halogens is 2. The molecule has 0 unspecified atom stereocenters. The van der Waals surface area contributed by atoms with Crippen LogP contribution in [0.5, 0.6) is 0 Å². The van der Waals surface area contributed by atoms with E-state index in [2.05, 4.69) is 43.8 Å². The number of piperidine rings is 1. The van der Waals surface area contributed by atoms with E-state index in [1.165, 1.54) is 4.31 Å². The monoisotopic (exact) mass is 548 g/mol. The molecule has 0 aromatic heterocycles. The van der Waals surface area contributed by atoms with Crippen LogP contribution in [0.4, 0.5) is 5.69 Å². The summed E-state index contributed by atoms with van der Waals surface area (Å²) in [6, 6.07) is 14.2. The van der Waals surface area contributed by atoms with Gasteiger partial charge >= 0.3 is 0 Å². The van der Waals surface area contributed by atoms with E-state index in [1.807, 2.05) is 24.3 Å². The lowest BCUT2D eigenvalue weighted by Crippen LogP contribution is -2.41. The molecule has 0 radical (unpaired) electrons. The average Bonchev–Trinajstić information content (AvgIpc) is 2.64. The van der Waals surface area contributed by atoms with Gasteiger partial charge in [-0.15, -0.1) is 0 Å². The van der Waals surface area contributed by atoms with Crippen LogP contribution in [0, 0.1) is 9.49 Å². The van der Waals surface area contributed by atoms with Gasteiger partial charge in [0.2, 0.25) is 15.9 Å². The molecule has 0 saturated carbocycles. The van der Waals surface area contributed by atoms with E-state index in [-0.39, 0.29) is 16.7 Å². The standard InChI is InChI=1S/C18H18BrIN2O3S/c19-14-1-7-17(8-2-14)26(24,25)22-11-9-13(10-12-22)18(23)21-16-5-3-15(20)4-6-16/h1-8,13H,9-12H2,(H,21,23). The molecule has 2 aromatic carbocycles. The first-order valence-electron chi connectivity index (χ1n) is 8.18. The van der Waals surface area contributed by atoms with Gasteiger partial charge in [-0.05, 0) is 84.0 Å². The van der Waals surface area contributed by atoms with Gasteiger partial charge in [-0.25, -0.2) is 8.42 Å². The Morgan fingerprint density at radius 3 is 2.19 bits per heavy atom. The van der Waals surface area contributed by atoms with Gasteiger partial charge in [-0.2, -0.15) is 4.31 Å². The number of benzene rings is 2. The summed E-state index contributed by atoms with van der Waals surface area (Å²) in [6.45, 7) is 0.701. The number of carbonyl (C=O) groups excluding carboxylic acids is 1. The van der Waals surface area contributed by atoms with Crippen molar-refractivity contribution in [2.45, 2.75) is 17.7 Å². The summed E-state index contributed by atoms with van der Waals surface area (Å²) >= 11 is 5.52. The van der Waals surface area contributed by atoms with Gasteiger partial charge in [0.15, 0.2) is 0 Å². The molecular weight excluding hydrogens is 531 g/mol. The average molecular weight is 549 g/mol. The van der Waals surface area contributed by atoms with Crippen LogP contribution in [0.1, 0.15) is 12.8 Å². The lowest BCUT2D eigenvalue weighted by atomic mass is 9.97. The number of rotatable bonds is 4. The Hall–Kier alpha value is -0.970. The lowest BCUT2D eigenvalue weighted by Gasteiger charge is -2.30. The minimum atomic E-state index is -3.51. The fourth-order valence-electron chi connectivity index (χ4n) is 2.89. The number of hydrogen-bond acceptors (Lipinski definition) is 3. The predicted molar refractivity (Wildman–Crippen MR) is 113 cm³/mol. The lowest BCUT2D eigenvalue weighted by molar-refractivity contribution is -0.120. The molecule has 1 N–H and O–H groups in total. The fraction of sp³-hybridized carbons (Fsp3) is 0.278. The zero-order valence-electron chi connectivity index (χ0n) is 13.9. The van der Waals surface area contributed by atoms with Gasteiger partial charge in [0.05, 0.1) is 4.90 Å². The third-order valence-electron chi connectivity index (χ3n) is 4.39. The van der Waals surface area contributed by atoms with Crippen LogP contribution in [0.15, 0.2) is 57.9 Å². The van der Waals surface area contributed by atoms with Crippen LogP contribution < -0.4 is 5.32 Å². The topological polar surface area (TPSA) is 66.5 Å². The van der Waals surface area contributed by atoms with Crippen molar-refractivity contribution in [1.29, 1.82) is 0 Å². The van der Waals surface area contributed by atoms with E-state index in [9.17, 15) is 13.2 Å². The van der Waals surface area contributed by atoms with Crippen LogP contribution in [0.2, 0.25) is 0 Å². The Balaban J connectivity index is 1.60. The Labute approximate surface area is 175 Å². The van der Waals surface area contributed by atoms with Crippen molar-refractivity contribution < 1.29 is 13.2 Å². The van der Waals surface area contributed by atoms with Crippen molar-refractivity contribution in [3.8, 4) is 0 Å². The maximum atomic E-state index is 12.7. The number of nitrogens with one attached hydrogen (secondary N) is 1. The maximum Gasteiger partial charge on any atom is 0.243 e. The molecule has 3 rings (SSSR count). The normalized spacial score (nSPS) is 16.4. The zero-order chi connectivity index (χ0) is 18.7. The summed E-state index contributed by atoms with van der Waals surface area (Å²) in [4.78, 5) is 12.7. The molecule has 1 aliphatic heterocycles. The van der Waals surface area contributed by atoms with Crippen LogP contribution in [0.25, 0.3) is 0 Å². The minimum absolute atomic E-state index is 0.0492. The zero-order valence-corrected chi connectivity index (χ0v) is 18.4. The predicted octanol–water partition coefficient (Wildman–Crippen LogP) is 4.09. The van der Waals surface area contributed by atoms with Crippen LogP contribution in [-0.4, -0.2) is 31.7 Å². The number of carbonyl (C=O) groups is 1. The quantitative estimate of drug-likeness (QED) is 0.585. The smallest absolute Gasteiger partial charge is 0.243 e. The molecule has 1 saturated heterocycles. The number of sulfonamides is 1. The third-order valence-corrected chi connectivity index (χ3v) is 7.55. The van der Waals surface area contributed by atoms with E-state index in [1.54, 1.807) is 24.3 Å². The number of nitrogens with zero attached hydrogens (tertiary/aromatic N) is 1. The molecule has 8 heteroatoms. The molecule has 5 nitrogen and oxygen atoms in total. The summed E-state index contributed by atoms with van der Waals surface area (Å²) in [5, 5.41) is 2.91. The fourth-order valence-corrected chi connectivity index (χ4v) is 4.99. The highest BCUT2D eigenvalue weighted by molar-refractivity contribution is 14.1. The largest absolute Gasteiger partial charge is 0.326 e. The molecule has 0 atom stereocenters. The number of hydrogen-bond donors (Lipinski definition) is 1. The molecule has 138 valence electrons. The molecule has 1 aliphatic rings. The van der Waals surface area contributed by atoms with Crippen molar-refractivity contribution >= 4 is 60.1 Å². The van der Waals surface area contributed by atoms with Crippen LogP contribution in [-0.2, 0) is 14.8 Å². The Kier molecular flexibility index (Phi) is 6.37. The van der Waals surface area contributed by atoms with Gasteiger partial charge in [0.25, 0.3) is 0 Å². The van der Waals surface area contributed by atoms with Crippen molar-refractivity contribution in [3.63, 3.8) is 0 Å². The molecule has 0 aliphatic carbocycles. The van der Waals surface area contributed by atoms with Crippen molar-refractivity contribution in [2.75, 3.05) is 18.4 Å². The molecule has 0 spiro atoms. The maximum absolute atomic E-state index is 12.7. The van der Waals surface area contributed by atoms with Gasteiger partial charge in [0, 0.05) is 32.7 Å². The van der Waals surface area contributed by atoms with Crippen molar-refractivity contribution in [1.82, 2.24) is 4.31 Å². The van der Waals surface area contributed by atoms with Crippen LogP contribution >= 0.6 is 38.5 Å². The first-order chi connectivity index (χ1) is 12.4. The van der Waals surface area contributed by atoms with E-state index < -0.39 is 10.0 Å². The summed E-state index contributed by atoms with van der Waals surface area (Å²) < 4.78 is 28.8. The summed E-state index contributed by atoms with van der Waals surface area (Å²) in [6.07, 6.45) is 1.04. The molecular formula is C18H18BrIN2O3S. The highest BCUT2D eigenvalue weighted by Gasteiger charge is 2.32. The molecule has 2 aromatic rings. The van der Waals surface area contributed by atoms with Crippen molar-refractivity contribution in [2.24, 2.45) is 5.92 Å². The molecule has 1 fully saturated rings. The molecule has 1 amide bonds. The van der Waals surface area contributed by atoms with E-state index in [0.29, 0.717) is 25.9 Å². The van der Waals surface area contributed by atoms with E-state index in [0.717, 1.165) is 13.7 Å². The van der Waals surface area contributed by atoms with Gasteiger partial charge in [-0.1, -0.05) is 15.9 Å². The van der Waals surface area contributed by atoms with Gasteiger partial charge < -0.3 is 5.32 Å². The summed E-state index contributed by atoms with van der Waals surface area (Å²) in [5.74, 6) is -0.224. The number of amides is 1. The SMILES string of the molecule is O=C(Nc1ccc(I)cc1)C1CCN(S(=O)(=O)c2ccc(Br)cc2)CC1.